The lowest BCUT2D eigenvalue weighted by molar-refractivity contribution is -0.141. The summed E-state index contributed by atoms with van der Waals surface area (Å²) in [4.78, 5) is 28.1. The summed E-state index contributed by atoms with van der Waals surface area (Å²) >= 11 is 0. The number of anilines is 1. The van der Waals surface area contributed by atoms with Crippen molar-refractivity contribution in [2.24, 2.45) is 0 Å². The van der Waals surface area contributed by atoms with Crippen LogP contribution in [0.5, 0.6) is 5.75 Å². The minimum atomic E-state index is -4.68. The molecule has 12 heteroatoms. The van der Waals surface area contributed by atoms with Gasteiger partial charge in [-0.25, -0.2) is 4.98 Å². The first-order valence-electron chi connectivity index (χ1n) is 9.94. The molecule has 0 aliphatic rings. The molecular formula is C21H23F3N6O3. The van der Waals surface area contributed by atoms with E-state index >= 15 is 0 Å². The summed E-state index contributed by atoms with van der Waals surface area (Å²) in [6.07, 6.45) is -3.06. The molecule has 0 radical (unpaired) electrons. The Labute approximate surface area is 187 Å². The van der Waals surface area contributed by atoms with Gasteiger partial charge in [-0.05, 0) is 37.7 Å². The third-order valence-corrected chi connectivity index (χ3v) is 4.62. The lowest BCUT2D eigenvalue weighted by Crippen LogP contribution is -2.33. The second kappa shape index (κ2) is 9.86. The van der Waals surface area contributed by atoms with E-state index in [-0.39, 0.29) is 35.1 Å². The van der Waals surface area contributed by atoms with E-state index < -0.39 is 17.8 Å². The van der Waals surface area contributed by atoms with E-state index in [1.165, 1.54) is 24.8 Å². The second-order valence-electron chi connectivity index (χ2n) is 7.26. The van der Waals surface area contributed by atoms with Crippen LogP contribution in [0, 0.1) is 6.92 Å². The molecule has 2 heterocycles. The Bertz CT molecular complexity index is 1180. The Morgan fingerprint density at radius 1 is 1.15 bits per heavy atom. The quantitative estimate of drug-likeness (QED) is 0.442. The standard InChI is InChI=1S/C21H23F3N6O3/c1-12-6-16(27-18(7-12)21(22,23)24)20(32)28-15-8-13-10-30(11-19(31)26-5-4-25-2)29-14(13)9-17(15)33-3/h6-10,25H,4-5,11H2,1-3H3,(H,26,31)(H,28,32). The number of likely N-dealkylation sites (N-methyl/N-ethyl adjacent to an activating group) is 1. The SMILES string of the molecule is CNCCNC(=O)Cn1cc2cc(NC(=O)c3cc(C)cc(C(F)(F)F)n3)c(OC)cc2n1. The van der Waals surface area contributed by atoms with Crippen LogP contribution in [0.15, 0.2) is 30.5 Å². The number of benzene rings is 1. The number of nitrogens with zero attached hydrogens (tertiary/aromatic N) is 3. The van der Waals surface area contributed by atoms with Gasteiger partial charge in [0.2, 0.25) is 5.91 Å². The number of amides is 2. The van der Waals surface area contributed by atoms with Gasteiger partial charge >= 0.3 is 6.18 Å². The number of aryl methyl sites for hydroxylation is 1. The molecule has 0 atom stereocenters. The zero-order chi connectivity index (χ0) is 24.2. The van der Waals surface area contributed by atoms with Crippen LogP contribution in [0.3, 0.4) is 0 Å². The van der Waals surface area contributed by atoms with Crippen molar-refractivity contribution < 1.29 is 27.5 Å². The van der Waals surface area contributed by atoms with Crippen molar-refractivity contribution in [3.63, 3.8) is 0 Å². The molecule has 0 bridgehead atoms. The summed E-state index contributed by atoms with van der Waals surface area (Å²) in [7, 11) is 3.16. The Hall–Kier alpha value is -3.67. The normalized spacial score (nSPS) is 11.5. The Morgan fingerprint density at radius 3 is 2.58 bits per heavy atom. The molecule has 3 N–H and O–H groups in total. The van der Waals surface area contributed by atoms with Gasteiger partial charge in [0, 0.05) is 30.7 Å². The number of carbonyl (C=O) groups excluding carboxylic acids is 2. The number of ether oxygens (including phenoxy) is 1. The average molecular weight is 464 g/mol. The lowest BCUT2D eigenvalue weighted by atomic mass is 10.2. The van der Waals surface area contributed by atoms with E-state index in [2.05, 4.69) is 26.0 Å². The number of fused-ring (bicyclic) bond motifs is 1. The number of hydrogen-bond acceptors (Lipinski definition) is 6. The largest absolute Gasteiger partial charge is 0.494 e. The summed E-state index contributed by atoms with van der Waals surface area (Å²) in [6, 6.07) is 5.26. The first-order chi connectivity index (χ1) is 15.6. The number of methoxy groups -OCH3 is 1. The number of aromatic nitrogens is 3. The maximum absolute atomic E-state index is 13.1. The topological polar surface area (TPSA) is 110 Å². The highest BCUT2D eigenvalue weighted by molar-refractivity contribution is 6.05. The van der Waals surface area contributed by atoms with Crippen molar-refractivity contribution >= 4 is 28.4 Å². The predicted octanol–water partition coefficient (Wildman–Crippen LogP) is 2.36. The van der Waals surface area contributed by atoms with Crippen molar-refractivity contribution in [1.29, 1.82) is 0 Å². The third kappa shape index (κ3) is 5.98. The fraction of sp³-hybridized carbons (Fsp3) is 0.333. The van der Waals surface area contributed by atoms with Crippen molar-refractivity contribution in [1.82, 2.24) is 25.4 Å². The van der Waals surface area contributed by atoms with Crippen LogP contribution < -0.4 is 20.7 Å². The highest BCUT2D eigenvalue weighted by Crippen LogP contribution is 2.31. The van der Waals surface area contributed by atoms with E-state index in [0.717, 1.165) is 6.07 Å². The molecule has 0 unspecified atom stereocenters. The van der Waals surface area contributed by atoms with Crippen molar-refractivity contribution in [3.8, 4) is 5.75 Å². The van der Waals surface area contributed by atoms with Crippen LogP contribution in [0.1, 0.15) is 21.7 Å². The van der Waals surface area contributed by atoms with Crippen LogP contribution in [-0.2, 0) is 17.5 Å². The maximum Gasteiger partial charge on any atom is 0.433 e. The zero-order valence-corrected chi connectivity index (χ0v) is 18.2. The number of alkyl halides is 3. The molecule has 2 aromatic heterocycles. The third-order valence-electron chi connectivity index (χ3n) is 4.62. The number of hydrogen-bond donors (Lipinski definition) is 3. The number of rotatable bonds is 8. The molecule has 1 aromatic carbocycles. The van der Waals surface area contributed by atoms with Crippen LogP contribution >= 0.6 is 0 Å². The molecule has 3 rings (SSSR count). The minimum Gasteiger partial charge on any atom is -0.494 e. The molecule has 0 saturated heterocycles. The molecule has 3 aromatic rings. The van der Waals surface area contributed by atoms with Crippen molar-refractivity contribution in [2.45, 2.75) is 19.6 Å². The highest BCUT2D eigenvalue weighted by atomic mass is 19.4. The fourth-order valence-corrected chi connectivity index (χ4v) is 3.10. The van der Waals surface area contributed by atoms with Gasteiger partial charge < -0.3 is 20.7 Å². The number of nitrogens with one attached hydrogen (secondary N) is 3. The monoisotopic (exact) mass is 464 g/mol. The summed E-state index contributed by atoms with van der Waals surface area (Å²) in [5, 5.41) is 13.1. The highest BCUT2D eigenvalue weighted by Gasteiger charge is 2.33. The second-order valence-corrected chi connectivity index (χ2v) is 7.26. The van der Waals surface area contributed by atoms with Gasteiger partial charge in [0.25, 0.3) is 5.91 Å². The Kier molecular flexibility index (Phi) is 7.16. The van der Waals surface area contributed by atoms with Gasteiger partial charge in [-0.2, -0.15) is 18.3 Å². The van der Waals surface area contributed by atoms with E-state index in [4.69, 9.17) is 4.74 Å². The van der Waals surface area contributed by atoms with Gasteiger partial charge in [-0.15, -0.1) is 0 Å². The number of halogens is 3. The maximum atomic E-state index is 13.1. The zero-order valence-electron chi connectivity index (χ0n) is 18.2. The van der Waals surface area contributed by atoms with Crippen LogP contribution in [0.4, 0.5) is 18.9 Å². The molecule has 33 heavy (non-hydrogen) atoms. The first kappa shape index (κ1) is 24.0. The van der Waals surface area contributed by atoms with Crippen molar-refractivity contribution in [2.75, 3.05) is 32.6 Å². The molecule has 0 fully saturated rings. The Morgan fingerprint density at radius 2 is 1.91 bits per heavy atom. The molecule has 0 saturated carbocycles. The molecular weight excluding hydrogens is 441 g/mol. The van der Waals surface area contributed by atoms with Gasteiger partial charge in [-0.3, -0.25) is 14.3 Å². The molecule has 2 amide bonds. The predicted molar refractivity (Wildman–Crippen MR) is 115 cm³/mol. The minimum absolute atomic E-state index is 0.00413. The number of carbonyl (C=O) groups is 2. The van der Waals surface area contributed by atoms with Gasteiger partial charge in [0.05, 0.1) is 18.3 Å². The first-order valence-corrected chi connectivity index (χ1v) is 9.94. The molecule has 0 aliphatic heterocycles. The molecule has 9 nitrogen and oxygen atoms in total. The summed E-state index contributed by atoms with van der Waals surface area (Å²) in [5.41, 5.74) is -0.535. The van der Waals surface area contributed by atoms with Gasteiger partial charge in [-0.1, -0.05) is 0 Å². The van der Waals surface area contributed by atoms with Crippen LogP contribution in [0.2, 0.25) is 0 Å². The van der Waals surface area contributed by atoms with E-state index in [1.807, 2.05) is 0 Å². The average Bonchev–Trinajstić information content (AvgIpc) is 3.13. The fourth-order valence-electron chi connectivity index (χ4n) is 3.10. The van der Waals surface area contributed by atoms with Gasteiger partial charge in [0.1, 0.15) is 23.7 Å². The molecule has 0 aliphatic carbocycles. The van der Waals surface area contributed by atoms with Crippen molar-refractivity contribution in [3.05, 3.63) is 47.4 Å². The van der Waals surface area contributed by atoms with Gasteiger partial charge in [0.15, 0.2) is 0 Å². The summed E-state index contributed by atoms with van der Waals surface area (Å²) in [5.74, 6) is -0.786. The molecule has 0 spiro atoms. The molecule has 176 valence electrons. The van der Waals surface area contributed by atoms with E-state index in [1.54, 1.807) is 25.4 Å². The summed E-state index contributed by atoms with van der Waals surface area (Å²) in [6.45, 7) is 2.55. The smallest absolute Gasteiger partial charge is 0.433 e. The van der Waals surface area contributed by atoms with Crippen LogP contribution in [0.25, 0.3) is 10.9 Å². The van der Waals surface area contributed by atoms with E-state index in [9.17, 15) is 22.8 Å². The Balaban J connectivity index is 1.84. The lowest BCUT2D eigenvalue weighted by Gasteiger charge is -2.12. The van der Waals surface area contributed by atoms with Crippen LogP contribution in [-0.4, -0.2) is 53.8 Å². The van der Waals surface area contributed by atoms with E-state index in [0.29, 0.717) is 24.0 Å². The number of pyridine rings is 1. The summed E-state index contributed by atoms with van der Waals surface area (Å²) < 4.78 is 45.9.